The van der Waals surface area contributed by atoms with Crippen molar-refractivity contribution in [2.45, 2.75) is 38.5 Å². The zero-order valence-electron chi connectivity index (χ0n) is 15.1. The molecule has 0 bridgehead atoms. The molecular formula is C25H23F. The molecule has 0 N–H and O–H groups in total. The van der Waals surface area contributed by atoms with Gasteiger partial charge in [0.2, 0.25) is 0 Å². The number of halogens is 1. The van der Waals surface area contributed by atoms with Crippen LogP contribution < -0.4 is 0 Å². The van der Waals surface area contributed by atoms with Gasteiger partial charge < -0.3 is 0 Å². The third-order valence-electron chi connectivity index (χ3n) is 5.52. The average Bonchev–Trinajstić information content (AvgIpc) is 2.68. The Hall–Kier alpha value is -2.59. The molecule has 1 aliphatic rings. The lowest BCUT2D eigenvalue weighted by Crippen LogP contribution is -2.20. The lowest BCUT2D eigenvalue weighted by Gasteiger charge is -2.31. The fraction of sp³-hybridized carbons (Fsp3) is 0.280. The van der Waals surface area contributed by atoms with Crippen LogP contribution in [0.5, 0.6) is 0 Å². The molecule has 130 valence electrons. The van der Waals surface area contributed by atoms with E-state index in [4.69, 9.17) is 0 Å². The standard InChI is InChI=1S/C25H23F/c1-2-5-19-11-16-24-22-7-4-3-6-20(22)12-17-25(24)23(19)15-10-18-8-13-21(26)14-9-18/h3-4,6-9,12-14,17,19,23H,2,5,11,16H2,1H3/t19-,23+/m1/s1. The zero-order chi connectivity index (χ0) is 17.9. The molecule has 0 fully saturated rings. The van der Waals surface area contributed by atoms with Crippen LogP contribution in [-0.4, -0.2) is 0 Å². The minimum atomic E-state index is -0.214. The number of hydrogen-bond acceptors (Lipinski definition) is 0. The summed E-state index contributed by atoms with van der Waals surface area (Å²) in [6.07, 6.45) is 4.71. The Kier molecular flexibility index (Phi) is 4.76. The van der Waals surface area contributed by atoms with Crippen LogP contribution in [0, 0.1) is 23.6 Å². The molecule has 26 heavy (non-hydrogen) atoms. The van der Waals surface area contributed by atoms with Crippen LogP contribution in [0.25, 0.3) is 10.8 Å². The Morgan fingerprint density at radius 3 is 2.62 bits per heavy atom. The maximum absolute atomic E-state index is 13.1. The lowest BCUT2D eigenvalue weighted by atomic mass is 9.72. The first-order chi connectivity index (χ1) is 12.8. The molecule has 3 aromatic carbocycles. The molecular weight excluding hydrogens is 319 g/mol. The summed E-state index contributed by atoms with van der Waals surface area (Å²) in [6, 6.07) is 19.7. The largest absolute Gasteiger partial charge is 0.207 e. The highest BCUT2D eigenvalue weighted by molar-refractivity contribution is 5.87. The van der Waals surface area contributed by atoms with Gasteiger partial charge in [-0.15, -0.1) is 0 Å². The minimum absolute atomic E-state index is 0.214. The summed E-state index contributed by atoms with van der Waals surface area (Å²) < 4.78 is 13.1. The van der Waals surface area contributed by atoms with Gasteiger partial charge in [-0.2, -0.15) is 0 Å². The Labute approximate surface area is 155 Å². The lowest BCUT2D eigenvalue weighted by molar-refractivity contribution is 0.394. The normalized spacial score (nSPS) is 18.8. The molecule has 0 aliphatic heterocycles. The summed E-state index contributed by atoms with van der Waals surface area (Å²) in [7, 11) is 0. The van der Waals surface area contributed by atoms with Crippen molar-refractivity contribution in [3.8, 4) is 11.8 Å². The molecule has 0 amide bonds. The highest BCUT2D eigenvalue weighted by Gasteiger charge is 2.28. The number of rotatable bonds is 2. The van der Waals surface area contributed by atoms with Crippen LogP contribution in [0.3, 0.4) is 0 Å². The summed E-state index contributed by atoms with van der Waals surface area (Å²) in [5.41, 5.74) is 3.74. The van der Waals surface area contributed by atoms with Crippen molar-refractivity contribution in [1.29, 1.82) is 0 Å². The van der Waals surface area contributed by atoms with E-state index in [9.17, 15) is 4.39 Å². The van der Waals surface area contributed by atoms with E-state index in [-0.39, 0.29) is 11.7 Å². The van der Waals surface area contributed by atoms with Crippen molar-refractivity contribution < 1.29 is 4.39 Å². The minimum Gasteiger partial charge on any atom is -0.207 e. The number of hydrogen-bond donors (Lipinski definition) is 0. The summed E-state index contributed by atoms with van der Waals surface area (Å²) >= 11 is 0. The van der Waals surface area contributed by atoms with Gasteiger partial charge in [-0.25, -0.2) is 4.39 Å². The maximum atomic E-state index is 13.1. The first-order valence-electron chi connectivity index (χ1n) is 9.54. The van der Waals surface area contributed by atoms with Crippen LogP contribution in [0.4, 0.5) is 4.39 Å². The van der Waals surface area contributed by atoms with E-state index in [1.807, 2.05) is 0 Å². The third kappa shape index (κ3) is 3.25. The van der Waals surface area contributed by atoms with E-state index in [1.54, 1.807) is 12.1 Å². The highest BCUT2D eigenvalue weighted by Crippen LogP contribution is 2.41. The van der Waals surface area contributed by atoms with Crippen LogP contribution in [-0.2, 0) is 6.42 Å². The number of benzene rings is 3. The summed E-state index contributed by atoms with van der Waals surface area (Å²) in [5, 5.41) is 2.68. The van der Waals surface area contributed by atoms with Gasteiger partial charge in [0.25, 0.3) is 0 Å². The molecule has 0 heterocycles. The van der Waals surface area contributed by atoms with Crippen molar-refractivity contribution in [2.24, 2.45) is 5.92 Å². The molecule has 0 nitrogen and oxygen atoms in total. The van der Waals surface area contributed by atoms with Crippen LogP contribution >= 0.6 is 0 Å². The Bertz CT molecular complexity index is 972. The van der Waals surface area contributed by atoms with Crippen molar-refractivity contribution in [2.75, 3.05) is 0 Å². The second kappa shape index (κ2) is 7.34. The second-order valence-corrected chi connectivity index (χ2v) is 7.20. The molecule has 0 saturated carbocycles. The Morgan fingerprint density at radius 2 is 1.81 bits per heavy atom. The van der Waals surface area contributed by atoms with Crippen LogP contribution in [0.15, 0.2) is 60.7 Å². The van der Waals surface area contributed by atoms with Gasteiger partial charge >= 0.3 is 0 Å². The molecule has 1 heteroatoms. The predicted octanol–water partition coefficient (Wildman–Crippen LogP) is 6.48. The van der Waals surface area contributed by atoms with Gasteiger partial charge in [-0.1, -0.05) is 61.6 Å². The molecule has 0 spiro atoms. The Morgan fingerprint density at radius 1 is 1.00 bits per heavy atom. The van der Waals surface area contributed by atoms with Gasteiger partial charge in [0.05, 0.1) is 0 Å². The fourth-order valence-corrected chi connectivity index (χ4v) is 4.25. The first-order valence-corrected chi connectivity index (χ1v) is 9.54. The quantitative estimate of drug-likeness (QED) is 0.468. The molecule has 0 unspecified atom stereocenters. The molecule has 0 saturated heterocycles. The molecule has 0 aromatic heterocycles. The van der Waals surface area contributed by atoms with Crippen molar-refractivity contribution in [3.05, 3.63) is 83.2 Å². The molecule has 3 aromatic rings. The third-order valence-corrected chi connectivity index (χ3v) is 5.52. The molecule has 4 rings (SSSR count). The summed E-state index contributed by atoms with van der Waals surface area (Å²) in [6.45, 7) is 2.25. The summed E-state index contributed by atoms with van der Waals surface area (Å²) in [4.78, 5) is 0. The van der Waals surface area contributed by atoms with E-state index in [1.165, 1.54) is 53.3 Å². The maximum Gasteiger partial charge on any atom is 0.123 e. The van der Waals surface area contributed by atoms with Crippen LogP contribution in [0.1, 0.15) is 48.8 Å². The smallest absolute Gasteiger partial charge is 0.123 e. The summed E-state index contributed by atoms with van der Waals surface area (Å²) in [5.74, 6) is 7.49. The number of fused-ring (bicyclic) bond motifs is 3. The van der Waals surface area contributed by atoms with Crippen LogP contribution in [0.2, 0.25) is 0 Å². The average molecular weight is 342 g/mol. The van der Waals surface area contributed by atoms with Gasteiger partial charge in [0, 0.05) is 11.5 Å². The fourth-order valence-electron chi connectivity index (χ4n) is 4.25. The number of aryl methyl sites for hydroxylation is 1. The predicted molar refractivity (Wildman–Crippen MR) is 107 cm³/mol. The molecule has 2 atom stereocenters. The van der Waals surface area contributed by atoms with E-state index in [2.05, 4.69) is 55.2 Å². The zero-order valence-corrected chi connectivity index (χ0v) is 15.1. The van der Waals surface area contributed by atoms with E-state index < -0.39 is 0 Å². The highest BCUT2D eigenvalue weighted by atomic mass is 19.1. The topological polar surface area (TPSA) is 0 Å². The van der Waals surface area contributed by atoms with E-state index >= 15 is 0 Å². The van der Waals surface area contributed by atoms with Gasteiger partial charge in [-0.05, 0) is 71.3 Å². The van der Waals surface area contributed by atoms with Crippen molar-refractivity contribution in [1.82, 2.24) is 0 Å². The SMILES string of the molecule is CCC[C@@H]1CCc2c(ccc3ccccc23)[C@H]1C#Cc1ccc(F)cc1. The van der Waals surface area contributed by atoms with Gasteiger partial charge in [0.1, 0.15) is 5.82 Å². The first kappa shape index (κ1) is 16.9. The van der Waals surface area contributed by atoms with Gasteiger partial charge in [-0.3, -0.25) is 0 Å². The second-order valence-electron chi connectivity index (χ2n) is 7.20. The van der Waals surface area contributed by atoms with Gasteiger partial charge in [0.15, 0.2) is 0 Å². The van der Waals surface area contributed by atoms with E-state index in [0.29, 0.717) is 5.92 Å². The Balaban J connectivity index is 1.78. The molecule has 0 radical (unpaired) electrons. The monoisotopic (exact) mass is 342 g/mol. The van der Waals surface area contributed by atoms with Crippen molar-refractivity contribution in [3.63, 3.8) is 0 Å². The van der Waals surface area contributed by atoms with Crippen molar-refractivity contribution >= 4 is 10.8 Å². The van der Waals surface area contributed by atoms with E-state index in [0.717, 1.165) is 12.0 Å². The molecule has 1 aliphatic carbocycles.